The average molecular weight is 414 g/mol. The summed E-state index contributed by atoms with van der Waals surface area (Å²) in [7, 11) is 0. The van der Waals surface area contributed by atoms with E-state index in [1.54, 1.807) is 22.7 Å². The first kappa shape index (κ1) is 21.1. The number of carbonyl (C=O) groups is 2. The maximum Gasteiger partial charge on any atom is 0.246 e. The molecular formula is C22H24FN3O2S. The van der Waals surface area contributed by atoms with Gasteiger partial charge in [0.1, 0.15) is 5.82 Å². The zero-order valence-electron chi connectivity index (χ0n) is 16.3. The quantitative estimate of drug-likeness (QED) is 0.583. The van der Waals surface area contributed by atoms with Gasteiger partial charge in [-0.25, -0.2) is 4.39 Å². The maximum absolute atomic E-state index is 12.9. The van der Waals surface area contributed by atoms with Gasteiger partial charge < -0.3 is 10.2 Å². The first-order valence-electron chi connectivity index (χ1n) is 9.42. The van der Waals surface area contributed by atoms with Gasteiger partial charge in [0.2, 0.25) is 11.8 Å². The largest absolute Gasteiger partial charge is 0.337 e. The van der Waals surface area contributed by atoms with Gasteiger partial charge in [-0.15, -0.1) is 11.8 Å². The molecule has 2 aromatic carbocycles. The van der Waals surface area contributed by atoms with E-state index in [0.717, 1.165) is 5.56 Å². The van der Waals surface area contributed by atoms with Crippen LogP contribution in [0, 0.1) is 5.82 Å². The van der Waals surface area contributed by atoms with E-state index in [9.17, 15) is 14.0 Å². The number of amides is 2. The third-order valence-electron chi connectivity index (χ3n) is 4.71. The molecular weight excluding hydrogens is 389 g/mol. The number of hydrogen-bond acceptors (Lipinski definition) is 4. The first-order chi connectivity index (χ1) is 14.0. The summed E-state index contributed by atoms with van der Waals surface area (Å²) in [6.45, 7) is 2.69. The lowest BCUT2D eigenvalue weighted by molar-refractivity contribution is -0.127. The maximum atomic E-state index is 12.9. The number of nitrogens with one attached hydrogen (secondary N) is 1. The number of hydrogen-bond donors (Lipinski definition) is 1. The normalized spacial score (nSPS) is 14.9. The SMILES string of the molecule is CSc1ccc(/C=C/C(=O)N2CCN(CC(=O)Nc3ccc(F)cc3)CC2)cc1. The Balaban J connectivity index is 1.43. The molecule has 3 rings (SSSR count). The summed E-state index contributed by atoms with van der Waals surface area (Å²) in [5.74, 6) is -0.505. The van der Waals surface area contributed by atoms with Gasteiger partial charge in [0.15, 0.2) is 0 Å². The topological polar surface area (TPSA) is 52.7 Å². The second-order valence-corrected chi connectivity index (χ2v) is 7.64. The minimum Gasteiger partial charge on any atom is -0.337 e. The van der Waals surface area contributed by atoms with Crippen molar-refractivity contribution >= 4 is 35.3 Å². The lowest BCUT2D eigenvalue weighted by Crippen LogP contribution is -2.50. The molecule has 0 atom stereocenters. The highest BCUT2D eigenvalue weighted by molar-refractivity contribution is 7.98. The van der Waals surface area contributed by atoms with E-state index in [1.165, 1.54) is 29.2 Å². The van der Waals surface area contributed by atoms with E-state index >= 15 is 0 Å². The van der Waals surface area contributed by atoms with Crippen molar-refractivity contribution in [3.05, 3.63) is 66.0 Å². The number of halogens is 1. The highest BCUT2D eigenvalue weighted by atomic mass is 32.2. The molecule has 2 aromatic rings. The van der Waals surface area contributed by atoms with E-state index in [4.69, 9.17) is 0 Å². The minimum atomic E-state index is -0.338. The molecule has 1 heterocycles. The van der Waals surface area contributed by atoms with Gasteiger partial charge in [-0.1, -0.05) is 12.1 Å². The fourth-order valence-corrected chi connectivity index (χ4v) is 3.46. The Hall–Kier alpha value is -2.64. The van der Waals surface area contributed by atoms with Gasteiger partial charge in [0, 0.05) is 42.8 Å². The molecule has 2 amide bonds. The average Bonchev–Trinajstić information content (AvgIpc) is 2.74. The molecule has 0 radical (unpaired) electrons. The van der Waals surface area contributed by atoms with Crippen LogP contribution in [0.4, 0.5) is 10.1 Å². The van der Waals surface area contributed by atoms with Crippen molar-refractivity contribution in [2.75, 3.05) is 44.3 Å². The predicted octanol–water partition coefficient (Wildman–Crippen LogP) is 3.34. The van der Waals surface area contributed by atoms with Crippen LogP contribution >= 0.6 is 11.8 Å². The summed E-state index contributed by atoms with van der Waals surface area (Å²) in [6, 6.07) is 13.7. The molecule has 1 aliphatic rings. The Labute approximate surface area is 174 Å². The third kappa shape index (κ3) is 6.44. The highest BCUT2D eigenvalue weighted by Crippen LogP contribution is 2.15. The number of carbonyl (C=O) groups excluding carboxylic acids is 2. The van der Waals surface area contributed by atoms with Crippen LogP contribution in [0.25, 0.3) is 6.08 Å². The molecule has 1 saturated heterocycles. The molecule has 1 aliphatic heterocycles. The lowest BCUT2D eigenvalue weighted by atomic mass is 10.2. The van der Waals surface area contributed by atoms with Crippen molar-refractivity contribution in [2.45, 2.75) is 4.90 Å². The second kappa shape index (κ2) is 10.2. The van der Waals surface area contributed by atoms with Crippen LogP contribution in [-0.2, 0) is 9.59 Å². The van der Waals surface area contributed by atoms with Gasteiger partial charge >= 0.3 is 0 Å². The Morgan fingerprint density at radius 3 is 2.31 bits per heavy atom. The molecule has 0 saturated carbocycles. The van der Waals surface area contributed by atoms with Crippen LogP contribution < -0.4 is 5.32 Å². The van der Waals surface area contributed by atoms with Crippen molar-refractivity contribution in [3.8, 4) is 0 Å². The first-order valence-corrected chi connectivity index (χ1v) is 10.6. The third-order valence-corrected chi connectivity index (χ3v) is 5.46. The molecule has 152 valence electrons. The van der Waals surface area contributed by atoms with Crippen molar-refractivity contribution in [2.24, 2.45) is 0 Å². The van der Waals surface area contributed by atoms with E-state index in [1.807, 2.05) is 41.5 Å². The van der Waals surface area contributed by atoms with Gasteiger partial charge in [0.25, 0.3) is 0 Å². The van der Waals surface area contributed by atoms with Crippen LogP contribution in [0.5, 0.6) is 0 Å². The van der Waals surface area contributed by atoms with Crippen LogP contribution in [0.3, 0.4) is 0 Å². The molecule has 0 unspecified atom stereocenters. The number of thioether (sulfide) groups is 1. The summed E-state index contributed by atoms with van der Waals surface area (Å²) >= 11 is 1.68. The van der Waals surface area contributed by atoms with Gasteiger partial charge in [-0.05, 0) is 54.3 Å². The fourth-order valence-electron chi connectivity index (χ4n) is 3.05. The zero-order valence-corrected chi connectivity index (χ0v) is 17.1. The lowest BCUT2D eigenvalue weighted by Gasteiger charge is -2.33. The van der Waals surface area contributed by atoms with Crippen molar-refractivity contribution in [3.63, 3.8) is 0 Å². The van der Waals surface area contributed by atoms with Crippen molar-refractivity contribution in [1.82, 2.24) is 9.80 Å². The van der Waals surface area contributed by atoms with E-state index in [2.05, 4.69) is 5.32 Å². The van der Waals surface area contributed by atoms with E-state index in [-0.39, 0.29) is 24.2 Å². The fraction of sp³-hybridized carbons (Fsp3) is 0.273. The summed E-state index contributed by atoms with van der Waals surface area (Å²) in [5.41, 5.74) is 1.56. The molecule has 5 nitrogen and oxygen atoms in total. The van der Waals surface area contributed by atoms with Crippen molar-refractivity contribution < 1.29 is 14.0 Å². The zero-order chi connectivity index (χ0) is 20.6. The van der Waals surface area contributed by atoms with Gasteiger partial charge in [0.05, 0.1) is 6.54 Å². The van der Waals surface area contributed by atoms with Gasteiger partial charge in [-0.2, -0.15) is 0 Å². The number of rotatable bonds is 6. The number of anilines is 1. The summed E-state index contributed by atoms with van der Waals surface area (Å²) < 4.78 is 12.9. The standard InChI is InChI=1S/C22H24FN3O2S/c1-29-20-9-2-17(3-10-20)4-11-22(28)26-14-12-25(13-15-26)16-21(27)24-19-7-5-18(23)6-8-19/h2-11H,12-16H2,1H3,(H,24,27)/b11-4+. The minimum absolute atomic E-state index is 0.0191. The molecule has 0 spiro atoms. The summed E-state index contributed by atoms with van der Waals surface area (Å²) in [6.07, 6.45) is 5.46. The molecule has 29 heavy (non-hydrogen) atoms. The molecule has 7 heteroatoms. The number of nitrogens with zero attached hydrogens (tertiary/aromatic N) is 2. The molecule has 1 fully saturated rings. The molecule has 0 aromatic heterocycles. The van der Waals surface area contributed by atoms with E-state index < -0.39 is 0 Å². The molecule has 1 N–H and O–H groups in total. The van der Waals surface area contributed by atoms with Gasteiger partial charge in [-0.3, -0.25) is 14.5 Å². The van der Waals surface area contributed by atoms with Crippen LogP contribution in [0.15, 0.2) is 59.5 Å². The Morgan fingerprint density at radius 2 is 1.69 bits per heavy atom. The Kier molecular flexibility index (Phi) is 7.43. The molecule has 0 bridgehead atoms. The number of piperazine rings is 1. The van der Waals surface area contributed by atoms with Crippen molar-refractivity contribution in [1.29, 1.82) is 0 Å². The Bertz CT molecular complexity index is 861. The van der Waals surface area contributed by atoms with Crippen LogP contribution in [-0.4, -0.2) is 60.6 Å². The Morgan fingerprint density at radius 1 is 1.03 bits per heavy atom. The summed E-state index contributed by atoms with van der Waals surface area (Å²) in [5, 5.41) is 2.76. The molecule has 0 aliphatic carbocycles. The van der Waals surface area contributed by atoms with E-state index in [0.29, 0.717) is 31.9 Å². The smallest absolute Gasteiger partial charge is 0.246 e. The second-order valence-electron chi connectivity index (χ2n) is 6.76. The predicted molar refractivity (Wildman–Crippen MR) is 115 cm³/mol. The highest BCUT2D eigenvalue weighted by Gasteiger charge is 2.21. The monoisotopic (exact) mass is 413 g/mol. The van der Waals surface area contributed by atoms with Crippen LogP contribution in [0.2, 0.25) is 0 Å². The summed E-state index contributed by atoms with van der Waals surface area (Å²) in [4.78, 5) is 29.5. The van der Waals surface area contributed by atoms with Crippen LogP contribution in [0.1, 0.15) is 5.56 Å². The number of benzene rings is 2.